The zero-order chi connectivity index (χ0) is 39.1. The highest BCUT2D eigenvalue weighted by Gasteiger charge is 2.13. The molecule has 0 rings (SSSR count). The molecule has 4 nitrogen and oxygen atoms in total. The Balaban J connectivity index is 3.42. The normalized spacial score (nSPS) is 12.6. The van der Waals surface area contributed by atoms with Crippen LogP contribution in [0.3, 0.4) is 0 Å². The summed E-state index contributed by atoms with van der Waals surface area (Å²) in [6.45, 7) is 5.36. The van der Waals surface area contributed by atoms with Crippen LogP contribution in [0.2, 0.25) is 0 Å². The molecule has 0 aromatic carbocycles. The molecule has 0 heterocycles. The maximum absolute atomic E-state index is 12.2. The van der Waals surface area contributed by atoms with Crippen LogP contribution in [0.1, 0.15) is 251 Å². The van der Waals surface area contributed by atoms with Gasteiger partial charge in [-0.25, -0.2) is 0 Å². The minimum atomic E-state index is -0.539. The van der Waals surface area contributed by atoms with E-state index in [1.165, 1.54) is 186 Å². The highest BCUT2D eigenvalue weighted by Crippen LogP contribution is 2.16. The Morgan fingerprint density at radius 2 is 0.778 bits per heavy atom. The van der Waals surface area contributed by atoms with Gasteiger partial charge in [0.15, 0.2) is 0 Å². The molecule has 0 saturated carbocycles. The number of ether oxygens (including phenoxy) is 2. The van der Waals surface area contributed by atoms with Gasteiger partial charge in [-0.3, -0.25) is 4.79 Å². The lowest BCUT2D eigenvalue weighted by atomic mass is 10.0. The average molecular weight is 759 g/mol. The van der Waals surface area contributed by atoms with Crippen molar-refractivity contribution in [2.24, 2.45) is 0 Å². The molecule has 0 aliphatic heterocycles. The van der Waals surface area contributed by atoms with Crippen molar-refractivity contribution in [3.8, 4) is 0 Å². The van der Waals surface area contributed by atoms with Crippen LogP contribution in [0.4, 0.5) is 0 Å². The van der Waals surface area contributed by atoms with Crippen LogP contribution in [-0.2, 0) is 14.3 Å². The second kappa shape index (κ2) is 47.8. The van der Waals surface area contributed by atoms with E-state index in [0.717, 1.165) is 44.9 Å². The molecule has 1 atom stereocenters. The molecule has 0 amide bonds. The van der Waals surface area contributed by atoms with E-state index in [9.17, 15) is 9.90 Å². The standard InChI is InChI=1S/C50H94O4/c1-3-5-7-9-11-13-15-17-19-21-23-25-27-29-31-33-35-37-39-41-43-45-50(52)54-49(47-51)48-53-46-44-42-40-38-36-34-32-30-28-26-24-22-20-18-16-14-12-10-8-6-4-2/h15,17,21,23,27,29,49,51H,3-14,16,18-20,22,24-26,28,30-48H2,1-2H3/b17-15-,23-21-,29-27-. The fraction of sp³-hybridized carbons (Fsp3) is 0.860. The molecule has 4 heteroatoms. The molecule has 0 aliphatic carbocycles. The highest BCUT2D eigenvalue weighted by molar-refractivity contribution is 5.69. The van der Waals surface area contributed by atoms with Gasteiger partial charge in [0, 0.05) is 13.0 Å². The Labute approximate surface area is 338 Å². The third-order valence-corrected chi connectivity index (χ3v) is 10.7. The Morgan fingerprint density at radius 1 is 0.444 bits per heavy atom. The molecule has 0 fully saturated rings. The number of rotatable bonds is 45. The molecule has 0 aliphatic rings. The number of aliphatic hydroxyl groups is 1. The van der Waals surface area contributed by atoms with E-state index >= 15 is 0 Å². The first-order chi connectivity index (χ1) is 26.7. The van der Waals surface area contributed by atoms with Gasteiger partial charge in [-0.15, -0.1) is 0 Å². The van der Waals surface area contributed by atoms with Gasteiger partial charge in [-0.05, 0) is 51.4 Å². The topological polar surface area (TPSA) is 55.8 Å². The average Bonchev–Trinajstić information content (AvgIpc) is 3.18. The van der Waals surface area contributed by atoms with E-state index in [0.29, 0.717) is 19.6 Å². The molecular formula is C50H94O4. The minimum Gasteiger partial charge on any atom is -0.457 e. The lowest BCUT2D eigenvalue weighted by Gasteiger charge is -2.16. The molecule has 0 saturated heterocycles. The van der Waals surface area contributed by atoms with Crippen molar-refractivity contribution in [3.63, 3.8) is 0 Å². The molecule has 0 bridgehead atoms. The van der Waals surface area contributed by atoms with Crippen molar-refractivity contribution >= 4 is 5.97 Å². The second-order valence-corrected chi connectivity index (χ2v) is 16.2. The van der Waals surface area contributed by atoms with Crippen molar-refractivity contribution in [2.75, 3.05) is 19.8 Å². The van der Waals surface area contributed by atoms with Crippen LogP contribution in [0.25, 0.3) is 0 Å². The predicted octanol–water partition coefficient (Wildman–Crippen LogP) is 16.0. The van der Waals surface area contributed by atoms with Crippen molar-refractivity contribution < 1.29 is 19.4 Å². The first kappa shape index (κ1) is 52.6. The van der Waals surface area contributed by atoms with Crippen molar-refractivity contribution in [1.29, 1.82) is 0 Å². The van der Waals surface area contributed by atoms with Crippen LogP contribution >= 0.6 is 0 Å². The van der Waals surface area contributed by atoms with Crippen molar-refractivity contribution in [2.45, 2.75) is 258 Å². The number of carbonyl (C=O) groups excluding carboxylic acids is 1. The van der Waals surface area contributed by atoms with Crippen molar-refractivity contribution in [1.82, 2.24) is 0 Å². The number of unbranched alkanes of at least 4 members (excludes halogenated alkanes) is 31. The van der Waals surface area contributed by atoms with E-state index < -0.39 is 6.10 Å². The fourth-order valence-electron chi connectivity index (χ4n) is 7.10. The maximum atomic E-state index is 12.2. The van der Waals surface area contributed by atoms with Crippen LogP contribution in [-0.4, -0.2) is 37.0 Å². The quantitative estimate of drug-likeness (QED) is 0.0382. The van der Waals surface area contributed by atoms with Crippen LogP contribution in [0.15, 0.2) is 36.5 Å². The molecule has 0 spiro atoms. The van der Waals surface area contributed by atoms with Gasteiger partial charge in [-0.1, -0.05) is 230 Å². The van der Waals surface area contributed by atoms with Gasteiger partial charge < -0.3 is 14.6 Å². The molecule has 54 heavy (non-hydrogen) atoms. The molecule has 0 aromatic heterocycles. The van der Waals surface area contributed by atoms with Gasteiger partial charge in [0.2, 0.25) is 0 Å². The number of aliphatic hydroxyl groups excluding tert-OH is 1. The summed E-state index contributed by atoms with van der Waals surface area (Å²) in [7, 11) is 0. The second-order valence-electron chi connectivity index (χ2n) is 16.2. The predicted molar refractivity (Wildman–Crippen MR) is 237 cm³/mol. The van der Waals surface area contributed by atoms with E-state index in [1.807, 2.05) is 0 Å². The highest BCUT2D eigenvalue weighted by atomic mass is 16.6. The molecule has 0 aromatic rings. The number of carbonyl (C=O) groups is 1. The lowest BCUT2D eigenvalue weighted by Crippen LogP contribution is -2.27. The van der Waals surface area contributed by atoms with Gasteiger partial charge in [0.1, 0.15) is 6.10 Å². The number of hydrogen-bond donors (Lipinski definition) is 1. The van der Waals surface area contributed by atoms with E-state index in [-0.39, 0.29) is 12.6 Å². The van der Waals surface area contributed by atoms with Gasteiger partial charge >= 0.3 is 5.97 Å². The Hall–Kier alpha value is -1.39. The van der Waals surface area contributed by atoms with Crippen LogP contribution < -0.4 is 0 Å². The summed E-state index contributed by atoms with van der Waals surface area (Å²) in [6.07, 6.45) is 60.8. The minimum absolute atomic E-state index is 0.174. The zero-order valence-electron chi connectivity index (χ0n) is 36.5. The summed E-state index contributed by atoms with van der Waals surface area (Å²) in [4.78, 5) is 12.2. The summed E-state index contributed by atoms with van der Waals surface area (Å²) >= 11 is 0. The largest absolute Gasteiger partial charge is 0.457 e. The molecule has 1 unspecified atom stereocenters. The molecular weight excluding hydrogens is 665 g/mol. The summed E-state index contributed by atoms with van der Waals surface area (Å²) in [6, 6.07) is 0. The van der Waals surface area contributed by atoms with E-state index in [2.05, 4.69) is 50.3 Å². The van der Waals surface area contributed by atoms with Crippen molar-refractivity contribution in [3.05, 3.63) is 36.5 Å². The van der Waals surface area contributed by atoms with Crippen LogP contribution in [0, 0.1) is 0 Å². The van der Waals surface area contributed by atoms with Crippen LogP contribution in [0.5, 0.6) is 0 Å². The van der Waals surface area contributed by atoms with E-state index in [4.69, 9.17) is 9.47 Å². The number of allylic oxidation sites excluding steroid dienone is 6. The number of esters is 1. The van der Waals surface area contributed by atoms with E-state index in [1.54, 1.807) is 0 Å². The molecule has 318 valence electrons. The first-order valence-corrected chi connectivity index (χ1v) is 24.1. The fourth-order valence-corrected chi connectivity index (χ4v) is 7.10. The Bertz CT molecular complexity index is 802. The third-order valence-electron chi connectivity index (χ3n) is 10.7. The summed E-state index contributed by atoms with van der Waals surface area (Å²) in [5.74, 6) is -0.209. The monoisotopic (exact) mass is 759 g/mol. The summed E-state index contributed by atoms with van der Waals surface area (Å²) < 4.78 is 11.2. The zero-order valence-corrected chi connectivity index (χ0v) is 36.5. The SMILES string of the molecule is CCCCCCC/C=C\C/C=C\C/C=C\CCCCCCCCC(=O)OC(CO)COCCCCCCCCCCCCCCCCCCCCCCC. The lowest BCUT2D eigenvalue weighted by molar-refractivity contribution is -0.154. The first-order valence-electron chi connectivity index (χ1n) is 24.1. The summed E-state index contributed by atoms with van der Waals surface area (Å²) in [5.41, 5.74) is 0. The third kappa shape index (κ3) is 45.0. The Morgan fingerprint density at radius 3 is 1.17 bits per heavy atom. The molecule has 0 radical (unpaired) electrons. The number of hydrogen-bond acceptors (Lipinski definition) is 4. The van der Waals surface area contributed by atoms with Gasteiger partial charge in [0.25, 0.3) is 0 Å². The molecule has 1 N–H and O–H groups in total. The Kier molecular flexibility index (Phi) is 46.5. The smallest absolute Gasteiger partial charge is 0.306 e. The summed E-state index contributed by atoms with van der Waals surface area (Å²) in [5, 5.41) is 9.63. The maximum Gasteiger partial charge on any atom is 0.306 e. The van der Waals surface area contributed by atoms with Gasteiger partial charge in [0.05, 0.1) is 13.2 Å². The van der Waals surface area contributed by atoms with Gasteiger partial charge in [-0.2, -0.15) is 0 Å².